The van der Waals surface area contributed by atoms with Crippen LogP contribution in [0.4, 0.5) is 17.3 Å². The second kappa shape index (κ2) is 11.0. The number of fused-ring (bicyclic) bond motifs is 10. The quantitative estimate of drug-likeness (QED) is 0.176. The van der Waals surface area contributed by atoms with Gasteiger partial charge >= 0.3 is 0 Å². The fraction of sp³-hybridized carbons (Fsp3) is 0.632. The summed E-state index contributed by atoms with van der Waals surface area (Å²) in [6.45, 7) is 21.3. The van der Waals surface area contributed by atoms with Crippen LogP contribution in [0.5, 0.6) is 0 Å². The van der Waals surface area contributed by atoms with Crippen molar-refractivity contribution < 1.29 is 9.45 Å². The van der Waals surface area contributed by atoms with Gasteiger partial charge in [-0.15, -0.1) is 0 Å². The van der Waals surface area contributed by atoms with Gasteiger partial charge in [-0.2, -0.15) is 0 Å². The van der Waals surface area contributed by atoms with Crippen LogP contribution in [0.1, 0.15) is 88.5 Å². The average Bonchev–Trinajstić information content (AvgIpc) is 3.99. The van der Waals surface area contributed by atoms with Crippen molar-refractivity contribution in [1.29, 1.82) is 0 Å². The molecule has 2 saturated heterocycles. The van der Waals surface area contributed by atoms with Crippen molar-refractivity contribution in [2.75, 3.05) is 31.9 Å². The number of hydrogen-bond donors (Lipinski definition) is 1. The average molecular weight is 637 g/mol. The molecule has 6 atom stereocenters. The number of nitro groups is 1. The van der Waals surface area contributed by atoms with Crippen molar-refractivity contribution in [2.45, 2.75) is 102 Å². The van der Waals surface area contributed by atoms with Gasteiger partial charge in [0.15, 0.2) is 0 Å². The fourth-order valence-electron chi connectivity index (χ4n) is 10.1. The van der Waals surface area contributed by atoms with Crippen LogP contribution in [0.3, 0.4) is 0 Å². The summed E-state index contributed by atoms with van der Waals surface area (Å²) in [4.78, 5) is 20.2. The summed E-state index contributed by atoms with van der Waals surface area (Å²) in [6.07, 6.45) is 9.73. The van der Waals surface area contributed by atoms with E-state index in [9.17, 15) is 10.1 Å². The maximum Gasteiger partial charge on any atom is 0.282 e. The molecule has 248 valence electrons. The van der Waals surface area contributed by atoms with E-state index in [0.717, 1.165) is 59.7 Å². The Morgan fingerprint density at radius 3 is 2.00 bits per heavy atom. The Bertz CT molecular complexity index is 1790. The molecule has 9 nitrogen and oxygen atoms in total. The van der Waals surface area contributed by atoms with Crippen molar-refractivity contribution >= 4 is 28.2 Å². The number of rotatable bonds is 5. The first-order chi connectivity index (χ1) is 22.5. The number of piperidine rings is 2. The predicted molar refractivity (Wildman–Crippen MR) is 184 cm³/mol. The molecule has 2 unspecified atom stereocenters. The fourth-order valence-corrected chi connectivity index (χ4v) is 10.1. The molecule has 1 aromatic heterocycles. The maximum absolute atomic E-state index is 11.7. The van der Waals surface area contributed by atoms with Crippen molar-refractivity contribution in [1.82, 2.24) is 15.0 Å². The third-order valence-electron chi connectivity index (χ3n) is 13.6. The molecule has 2 N–H and O–H groups in total. The van der Waals surface area contributed by atoms with Crippen LogP contribution >= 0.6 is 0 Å². The Morgan fingerprint density at radius 1 is 0.936 bits per heavy atom. The predicted octanol–water partition coefficient (Wildman–Crippen LogP) is 7.42. The highest BCUT2D eigenvalue weighted by Crippen LogP contribution is 2.54. The van der Waals surface area contributed by atoms with Gasteiger partial charge in [0.1, 0.15) is 5.52 Å². The zero-order chi connectivity index (χ0) is 32.8. The summed E-state index contributed by atoms with van der Waals surface area (Å²) in [5, 5.41) is 17.0. The summed E-state index contributed by atoms with van der Waals surface area (Å²) in [7, 11) is 0. The van der Waals surface area contributed by atoms with Crippen LogP contribution in [-0.2, 0) is 23.7 Å². The van der Waals surface area contributed by atoms with Crippen LogP contribution in [0.2, 0.25) is 0 Å². The smallest absolute Gasteiger partial charge is 0.282 e. The summed E-state index contributed by atoms with van der Waals surface area (Å²) >= 11 is 0. The molecule has 3 aromatic rings. The molecule has 2 aliphatic heterocycles. The van der Waals surface area contributed by atoms with E-state index in [2.05, 4.69) is 59.6 Å². The molecule has 9 rings (SSSR count). The highest BCUT2D eigenvalue weighted by molar-refractivity contribution is 5.91. The summed E-state index contributed by atoms with van der Waals surface area (Å²) < 4.78 is 5.30. The molecule has 4 aliphatic carbocycles. The number of aromatic nitrogens is 1. The molecule has 3 heterocycles. The molecule has 0 amide bonds. The number of nitrogen functional groups attached to an aromatic ring is 1. The Balaban J connectivity index is 0.000000138. The number of nitrogens with two attached hydrogens (primary N) is 1. The van der Waals surface area contributed by atoms with E-state index < -0.39 is 0 Å². The van der Waals surface area contributed by atoms with Gasteiger partial charge in [0, 0.05) is 41.6 Å². The molecular weight excluding hydrogens is 588 g/mol. The van der Waals surface area contributed by atoms with E-state index >= 15 is 0 Å². The second-order valence-corrected chi connectivity index (χ2v) is 16.2. The number of nitrogens with zero attached hydrogens (tertiary/aromatic N) is 5. The van der Waals surface area contributed by atoms with Gasteiger partial charge < -0.3 is 10.3 Å². The summed E-state index contributed by atoms with van der Waals surface area (Å²) in [6, 6.07) is 9.11. The zero-order valence-electron chi connectivity index (χ0n) is 28.3. The minimum absolute atomic E-state index is 0.0611. The standard InChI is InChI=1S/C19H23N3O2.C19H25N3O/c1-12-16-10-14-6-7-15(20-3)18(22(23)24)17(14)19(12,2)8-9-21(16)11-13-4-5-13;1-11-15-9-13-5-6-14-17(21-23-18(14)20)16(13)19(11,2)7-8-22(15)10-12-3-4-12/h6-7,12-13,16H,4-5,8-11H2,1-2H3;5-6,11-12,15H,3-4,7-10,20H2,1-2H3/t12-,16?,19-;11-,15?,19-/m00/s1. The summed E-state index contributed by atoms with van der Waals surface area (Å²) in [5.41, 5.74) is 12.0. The van der Waals surface area contributed by atoms with E-state index in [1.165, 1.54) is 62.9 Å². The molecule has 0 radical (unpaired) electrons. The minimum Gasteiger partial charge on any atom is -0.367 e. The van der Waals surface area contributed by atoms with Gasteiger partial charge in [-0.3, -0.25) is 19.9 Å². The molecule has 6 aliphatic rings. The van der Waals surface area contributed by atoms with E-state index in [1.54, 1.807) is 6.07 Å². The third-order valence-corrected chi connectivity index (χ3v) is 13.6. The lowest BCUT2D eigenvalue weighted by Crippen LogP contribution is -2.58. The monoisotopic (exact) mass is 636 g/mol. The van der Waals surface area contributed by atoms with Gasteiger partial charge in [0.2, 0.25) is 5.88 Å². The van der Waals surface area contributed by atoms with Gasteiger partial charge in [-0.25, -0.2) is 4.85 Å². The van der Waals surface area contributed by atoms with Crippen molar-refractivity contribution in [2.24, 2.45) is 23.7 Å². The first-order valence-corrected chi connectivity index (χ1v) is 17.9. The Labute approximate surface area is 277 Å². The second-order valence-electron chi connectivity index (χ2n) is 16.2. The normalized spacial score (nSPS) is 32.9. The van der Waals surface area contributed by atoms with Crippen LogP contribution in [0.25, 0.3) is 15.7 Å². The molecule has 9 heteroatoms. The van der Waals surface area contributed by atoms with Crippen molar-refractivity contribution in [3.05, 3.63) is 68.1 Å². The zero-order valence-corrected chi connectivity index (χ0v) is 28.3. The molecule has 0 spiro atoms. The lowest BCUT2D eigenvalue weighted by Gasteiger charge is -2.54. The first-order valence-electron chi connectivity index (χ1n) is 17.9. The van der Waals surface area contributed by atoms with Crippen LogP contribution < -0.4 is 5.73 Å². The van der Waals surface area contributed by atoms with Gasteiger partial charge in [-0.05, 0) is 117 Å². The molecule has 2 aromatic carbocycles. The minimum atomic E-state index is -0.332. The summed E-state index contributed by atoms with van der Waals surface area (Å²) in [5.74, 6) is 3.29. The van der Waals surface area contributed by atoms with Gasteiger partial charge in [0.05, 0.1) is 16.9 Å². The SMILES string of the molecule is C[C@H]1C2Cc3ccc4c(N)onc4c3[C@@]1(C)CCN2CC1CC1.[C-]#[N+]c1ccc2c(c1[N+](=O)[O-])[C@@]1(C)CCN(CC3CC3)C(C2)[C@@H]1C. The van der Waals surface area contributed by atoms with E-state index in [4.69, 9.17) is 16.8 Å². The Hall–Kier alpha value is -3.48. The lowest BCUT2D eigenvalue weighted by molar-refractivity contribution is -0.385. The maximum atomic E-state index is 11.7. The van der Waals surface area contributed by atoms with E-state index in [1.807, 2.05) is 6.07 Å². The van der Waals surface area contributed by atoms with Crippen molar-refractivity contribution in [3.8, 4) is 0 Å². The molecular formula is C38H48N6O3. The molecule has 4 bridgehead atoms. The van der Waals surface area contributed by atoms with Gasteiger partial charge in [0.25, 0.3) is 11.4 Å². The number of benzene rings is 2. The van der Waals surface area contributed by atoms with E-state index in [0.29, 0.717) is 29.8 Å². The van der Waals surface area contributed by atoms with Crippen LogP contribution in [0.15, 0.2) is 28.8 Å². The number of likely N-dealkylation sites (tertiary alicyclic amines) is 2. The molecule has 2 saturated carbocycles. The highest BCUT2D eigenvalue weighted by atomic mass is 16.6. The Kier molecular flexibility index (Phi) is 7.23. The van der Waals surface area contributed by atoms with Crippen LogP contribution in [-0.4, -0.2) is 58.1 Å². The van der Waals surface area contributed by atoms with Crippen molar-refractivity contribution in [3.63, 3.8) is 0 Å². The largest absolute Gasteiger partial charge is 0.367 e. The third kappa shape index (κ3) is 4.89. The molecule has 4 fully saturated rings. The number of nitro benzene ring substituents is 1. The Morgan fingerprint density at radius 2 is 1.47 bits per heavy atom. The van der Waals surface area contributed by atoms with Gasteiger partial charge in [-0.1, -0.05) is 45.0 Å². The number of hydrogen-bond acceptors (Lipinski definition) is 7. The lowest BCUT2D eigenvalue weighted by atomic mass is 9.58. The highest BCUT2D eigenvalue weighted by Gasteiger charge is 2.53. The first kappa shape index (κ1) is 30.8. The topological polar surface area (TPSA) is 106 Å². The van der Waals surface area contributed by atoms with Crippen LogP contribution in [0, 0.1) is 40.4 Å². The number of anilines is 1. The molecule has 47 heavy (non-hydrogen) atoms. The van der Waals surface area contributed by atoms with E-state index in [-0.39, 0.29) is 27.1 Å².